The Morgan fingerprint density at radius 2 is 1.20 bits per heavy atom. The minimum Gasteiger partial charge on any atom is -0.748 e. The maximum Gasteiger partial charge on any atom is 0.460 e. The summed E-state index contributed by atoms with van der Waals surface area (Å²) in [5.41, 5.74) is 0. The minimum atomic E-state index is -7.52. The molecule has 0 aliphatic heterocycles. The van der Waals surface area contributed by atoms with Crippen molar-refractivity contribution >= 4 is 10.1 Å². The van der Waals surface area contributed by atoms with E-state index in [0.29, 0.717) is 0 Å². The largest absolute Gasteiger partial charge is 0.748 e. The van der Waals surface area contributed by atoms with Crippen LogP contribution in [0.2, 0.25) is 0 Å². The highest BCUT2D eigenvalue weighted by molar-refractivity contribution is 7.85. The minimum absolute atomic E-state index is 0.845. The molecule has 0 saturated heterocycles. The van der Waals surface area contributed by atoms with Crippen molar-refractivity contribution in [2.45, 2.75) is 36.3 Å². The van der Waals surface area contributed by atoms with E-state index in [1.54, 1.807) is 0 Å². The lowest BCUT2D eigenvalue weighted by Gasteiger charge is -2.37. The van der Waals surface area contributed by atoms with E-state index in [-0.39, 0.29) is 0 Å². The molecule has 0 rings (SSSR count). The summed E-state index contributed by atoms with van der Waals surface area (Å²) in [4.78, 5) is 0. The molecule has 0 amide bonds. The molecule has 0 aromatic rings. The molecule has 25 heavy (non-hydrogen) atoms. The fourth-order valence-electron chi connectivity index (χ4n) is 1.23. The molecule has 152 valence electrons. The SMILES string of the molecule is O=S(=O)([O-])CCCOCC(F)(F)C(F)(F)C(F)(F)C(F)(F)C(F)(F)F. The van der Waals surface area contributed by atoms with Gasteiger partial charge >= 0.3 is 29.9 Å². The molecule has 0 unspecified atom stereocenters. The van der Waals surface area contributed by atoms with Gasteiger partial charge in [0.2, 0.25) is 0 Å². The predicted molar refractivity (Wildman–Crippen MR) is 55.8 cm³/mol. The number of hydrogen-bond donors (Lipinski definition) is 0. The number of ether oxygens (including phenoxy) is 1. The van der Waals surface area contributed by atoms with E-state index in [2.05, 4.69) is 4.74 Å². The van der Waals surface area contributed by atoms with Gasteiger partial charge in [0.1, 0.15) is 6.61 Å². The quantitative estimate of drug-likeness (QED) is 0.326. The molecule has 16 heteroatoms. The molecule has 0 aliphatic rings. The van der Waals surface area contributed by atoms with Crippen molar-refractivity contribution in [2.75, 3.05) is 19.0 Å². The Morgan fingerprint density at radius 1 is 0.760 bits per heavy atom. The fraction of sp³-hybridized carbons (Fsp3) is 1.00. The average Bonchev–Trinajstić information content (AvgIpc) is 2.34. The number of alkyl halides is 11. The lowest BCUT2D eigenvalue weighted by atomic mass is 9.98. The molecule has 4 nitrogen and oxygen atoms in total. The number of rotatable bonds is 9. The van der Waals surface area contributed by atoms with Crippen LogP contribution in [0.15, 0.2) is 0 Å². The third kappa shape index (κ3) is 5.06. The van der Waals surface area contributed by atoms with Crippen LogP contribution in [0.25, 0.3) is 0 Å². The highest BCUT2D eigenvalue weighted by Gasteiger charge is 2.87. The van der Waals surface area contributed by atoms with Crippen molar-refractivity contribution in [1.29, 1.82) is 0 Å². The van der Waals surface area contributed by atoms with Crippen LogP contribution in [0.4, 0.5) is 48.3 Å². The van der Waals surface area contributed by atoms with Gasteiger partial charge < -0.3 is 9.29 Å². The zero-order valence-corrected chi connectivity index (χ0v) is 12.3. The van der Waals surface area contributed by atoms with Gasteiger partial charge in [0.25, 0.3) is 0 Å². The maximum absolute atomic E-state index is 13.0. The van der Waals surface area contributed by atoms with Crippen molar-refractivity contribution in [3.63, 3.8) is 0 Å². The number of hydrogen-bond acceptors (Lipinski definition) is 4. The van der Waals surface area contributed by atoms with Gasteiger partial charge in [-0.2, -0.15) is 48.3 Å². The van der Waals surface area contributed by atoms with Crippen LogP contribution in [-0.2, 0) is 14.9 Å². The molecule has 0 N–H and O–H groups in total. The normalized spacial score (nSPS) is 15.5. The zero-order chi connectivity index (χ0) is 20.5. The monoisotopic (exact) mass is 421 g/mol. The molecule has 0 aliphatic carbocycles. The summed E-state index contributed by atoms with van der Waals surface area (Å²) in [6.07, 6.45) is -8.10. The van der Waals surface area contributed by atoms with E-state index < -0.39 is 65.4 Å². The van der Waals surface area contributed by atoms with Gasteiger partial charge in [-0.15, -0.1) is 0 Å². The first kappa shape index (κ1) is 24.1. The predicted octanol–water partition coefficient (Wildman–Crippen LogP) is 3.04. The van der Waals surface area contributed by atoms with Gasteiger partial charge in [0.15, 0.2) is 0 Å². The van der Waals surface area contributed by atoms with Gasteiger partial charge in [0, 0.05) is 12.4 Å². The van der Waals surface area contributed by atoms with E-state index in [9.17, 15) is 61.3 Å². The van der Waals surface area contributed by atoms with E-state index in [1.807, 2.05) is 0 Å². The first-order chi connectivity index (χ1) is 10.7. The molecule has 0 fully saturated rings. The first-order valence-corrected chi connectivity index (χ1v) is 7.38. The topological polar surface area (TPSA) is 66.4 Å². The summed E-state index contributed by atoms with van der Waals surface area (Å²) in [7, 11) is -4.84. The Bertz CT molecular complexity index is 554. The Balaban J connectivity index is 5.20. The van der Waals surface area contributed by atoms with Crippen molar-refractivity contribution in [2.24, 2.45) is 0 Å². The smallest absolute Gasteiger partial charge is 0.460 e. The van der Waals surface area contributed by atoms with E-state index >= 15 is 0 Å². The highest BCUT2D eigenvalue weighted by atomic mass is 32.2. The van der Waals surface area contributed by atoms with Crippen LogP contribution >= 0.6 is 0 Å². The molecule has 0 aromatic carbocycles. The van der Waals surface area contributed by atoms with Crippen LogP contribution in [0.1, 0.15) is 6.42 Å². The Labute approximate surface area is 132 Å². The van der Waals surface area contributed by atoms with E-state index in [1.165, 1.54) is 0 Å². The van der Waals surface area contributed by atoms with Gasteiger partial charge in [-0.1, -0.05) is 0 Å². The molecule has 0 spiro atoms. The Hall–Kier alpha value is -0.900. The summed E-state index contributed by atoms with van der Waals surface area (Å²) in [6.45, 7) is -3.91. The third-order valence-corrected chi connectivity index (χ3v) is 3.36. The van der Waals surface area contributed by atoms with E-state index in [0.717, 1.165) is 0 Å². The summed E-state index contributed by atoms with van der Waals surface area (Å²) in [5.74, 6) is -29.6. The summed E-state index contributed by atoms with van der Waals surface area (Å²) in [6, 6.07) is 0. The third-order valence-electron chi connectivity index (χ3n) is 2.57. The second-order valence-electron chi connectivity index (χ2n) is 4.59. The van der Waals surface area contributed by atoms with Crippen molar-refractivity contribution in [1.82, 2.24) is 0 Å². The molecule has 0 saturated carbocycles. The molecule has 0 atom stereocenters. The fourth-order valence-corrected chi connectivity index (χ4v) is 1.71. The molecular formula is C9H8F11O4S-. The zero-order valence-electron chi connectivity index (χ0n) is 11.5. The summed E-state index contributed by atoms with van der Waals surface area (Å²) < 4.78 is 172. The van der Waals surface area contributed by atoms with E-state index in [4.69, 9.17) is 0 Å². The summed E-state index contributed by atoms with van der Waals surface area (Å²) in [5, 5.41) is 0. The molecule has 0 heterocycles. The molecule has 0 bridgehead atoms. The maximum atomic E-state index is 13.0. The van der Waals surface area contributed by atoms with Gasteiger partial charge in [-0.3, -0.25) is 0 Å². The Kier molecular flexibility index (Phi) is 6.76. The van der Waals surface area contributed by atoms with Crippen LogP contribution in [0, 0.1) is 0 Å². The van der Waals surface area contributed by atoms with Crippen molar-refractivity contribution < 1.29 is 66.0 Å². The standard InChI is InChI=1S/C9H9F11O4S/c10-5(11,4-24-2-1-3-25(21,22)23)6(12,13)7(14,15)8(16,17)9(18,19)20/h1-4H2,(H,21,22,23)/p-1. The lowest BCUT2D eigenvalue weighted by Crippen LogP contribution is -2.67. The van der Waals surface area contributed by atoms with Crippen LogP contribution in [-0.4, -0.2) is 61.8 Å². The van der Waals surface area contributed by atoms with Gasteiger partial charge in [-0.25, -0.2) is 8.42 Å². The van der Waals surface area contributed by atoms with Gasteiger partial charge in [-0.05, 0) is 6.42 Å². The molecule has 0 radical (unpaired) electrons. The Morgan fingerprint density at radius 3 is 1.56 bits per heavy atom. The van der Waals surface area contributed by atoms with Crippen molar-refractivity contribution in [3.05, 3.63) is 0 Å². The second kappa shape index (κ2) is 7.02. The van der Waals surface area contributed by atoms with Crippen molar-refractivity contribution in [3.8, 4) is 0 Å². The molecular weight excluding hydrogens is 413 g/mol. The lowest BCUT2D eigenvalue weighted by molar-refractivity contribution is -0.424. The van der Waals surface area contributed by atoms with Crippen LogP contribution in [0.3, 0.4) is 0 Å². The first-order valence-electron chi connectivity index (χ1n) is 5.80. The summed E-state index contributed by atoms with van der Waals surface area (Å²) >= 11 is 0. The highest BCUT2D eigenvalue weighted by Crippen LogP contribution is 2.57. The second-order valence-corrected chi connectivity index (χ2v) is 6.12. The van der Waals surface area contributed by atoms with Crippen LogP contribution in [0.5, 0.6) is 0 Å². The van der Waals surface area contributed by atoms with Gasteiger partial charge in [0.05, 0.1) is 10.1 Å². The van der Waals surface area contributed by atoms with Crippen LogP contribution < -0.4 is 0 Å². The number of halogens is 11. The molecule has 0 aromatic heterocycles. The average molecular weight is 421 g/mol.